The van der Waals surface area contributed by atoms with Gasteiger partial charge in [-0.15, -0.1) is 0 Å². The van der Waals surface area contributed by atoms with E-state index in [1.54, 1.807) is 0 Å². The zero-order chi connectivity index (χ0) is 58.1. The third-order valence-corrected chi connectivity index (χ3v) is 14.9. The topological polar surface area (TPSA) is 105 Å². The summed E-state index contributed by atoms with van der Waals surface area (Å²) in [6.45, 7) is 10.6. The van der Waals surface area contributed by atoms with Crippen LogP contribution in [0, 0.1) is 0 Å². The maximum atomic E-state index is 12.5. The van der Waals surface area contributed by atoms with Crippen molar-refractivity contribution in [1.29, 1.82) is 0 Å². The van der Waals surface area contributed by atoms with Gasteiger partial charge in [0.2, 0.25) is 0 Å². The number of halogens is 2. The molecule has 10 nitrogen and oxygen atoms in total. The number of hydrogen-bond acceptors (Lipinski definition) is 8. The molecule has 0 fully saturated rings. The van der Waals surface area contributed by atoms with Crippen LogP contribution in [-0.2, 0) is 38.1 Å². The highest BCUT2D eigenvalue weighted by molar-refractivity contribution is 5.71. The number of carbonyl (C=O) groups is 4. The second kappa shape index (κ2) is 63.4. The van der Waals surface area contributed by atoms with Crippen LogP contribution in [0.15, 0.2) is 0 Å². The summed E-state index contributed by atoms with van der Waals surface area (Å²) in [5, 5.41) is 0. The van der Waals surface area contributed by atoms with Crippen LogP contribution in [0.2, 0.25) is 0 Å². The van der Waals surface area contributed by atoms with Gasteiger partial charge in [-0.2, -0.15) is 0 Å². The van der Waals surface area contributed by atoms with E-state index in [4.69, 9.17) is 18.9 Å². The highest BCUT2D eigenvalue weighted by Crippen LogP contribution is 2.18. The van der Waals surface area contributed by atoms with E-state index in [-0.39, 0.29) is 74.1 Å². The molecule has 0 amide bonds. The summed E-state index contributed by atoms with van der Waals surface area (Å²) in [6.07, 6.45) is 56.6. The van der Waals surface area contributed by atoms with Crippen molar-refractivity contribution in [2.45, 2.75) is 348 Å². The molecule has 0 aromatic heterocycles. The normalized spacial score (nSPS) is 12.1. The lowest BCUT2D eigenvalue weighted by Gasteiger charge is -2.28. The Kier molecular flexibility index (Phi) is 67.2. The van der Waals surface area contributed by atoms with Crippen LogP contribution in [-0.4, -0.2) is 114 Å². The summed E-state index contributed by atoms with van der Waals surface area (Å²) in [5.41, 5.74) is 0. The molecule has 80 heavy (non-hydrogen) atoms. The zero-order valence-corrected chi connectivity index (χ0v) is 56.4. The number of quaternary nitrogens is 2. The number of hydrogen-bond donors (Lipinski definition) is 0. The minimum Gasteiger partial charge on any atom is -1.00 e. The molecule has 0 heterocycles. The van der Waals surface area contributed by atoms with Crippen LogP contribution in [0.3, 0.4) is 0 Å². The number of rotatable bonds is 58. The van der Waals surface area contributed by atoms with Gasteiger partial charge in [-0.25, -0.2) is 0 Å². The molecule has 0 saturated heterocycles. The molecule has 0 aliphatic heterocycles. The van der Waals surface area contributed by atoms with Crippen LogP contribution in [0.4, 0.5) is 0 Å². The predicted octanol–water partition coefficient (Wildman–Crippen LogP) is 13.1. The molecular weight excluding hydrogens is 1040 g/mol. The summed E-state index contributed by atoms with van der Waals surface area (Å²) >= 11 is 0. The SMILES string of the molecule is CCCCCCCCCCCCCC(=O)OCC(C[N+](C)(C)C)OC(=O)CCCCCCCCCCCCC.CCCCCCCCCCCCCC(=O)OCC(C[N+](C)(C)C)OC(=O)CCCCCCCCCCCCC.[Cl-].[Cl-]. The van der Waals surface area contributed by atoms with E-state index in [1.165, 1.54) is 231 Å². The third kappa shape index (κ3) is 70.6. The van der Waals surface area contributed by atoms with Crippen LogP contribution >= 0.6 is 0 Å². The van der Waals surface area contributed by atoms with Crippen molar-refractivity contribution in [3.8, 4) is 0 Å². The van der Waals surface area contributed by atoms with Gasteiger partial charge in [-0.3, -0.25) is 19.2 Å². The van der Waals surface area contributed by atoms with Crippen LogP contribution < -0.4 is 24.8 Å². The van der Waals surface area contributed by atoms with Gasteiger partial charge in [-0.1, -0.05) is 285 Å². The van der Waals surface area contributed by atoms with E-state index in [2.05, 4.69) is 70.0 Å². The molecule has 0 aliphatic rings. The van der Waals surface area contributed by atoms with E-state index in [9.17, 15) is 19.2 Å². The van der Waals surface area contributed by atoms with Crippen LogP contribution in [0.1, 0.15) is 336 Å². The minimum atomic E-state index is -0.383. The first-order valence-electron chi connectivity index (χ1n) is 33.9. The average Bonchev–Trinajstić information content (AvgIpc) is 3.38. The van der Waals surface area contributed by atoms with Crippen molar-refractivity contribution in [2.24, 2.45) is 0 Å². The first-order valence-corrected chi connectivity index (χ1v) is 33.9. The molecule has 0 spiro atoms. The van der Waals surface area contributed by atoms with Crippen molar-refractivity contribution in [1.82, 2.24) is 0 Å². The first-order chi connectivity index (χ1) is 37.6. The maximum absolute atomic E-state index is 12.5. The van der Waals surface area contributed by atoms with E-state index >= 15 is 0 Å². The van der Waals surface area contributed by atoms with Gasteiger partial charge < -0.3 is 52.7 Å². The van der Waals surface area contributed by atoms with Gasteiger partial charge in [0.1, 0.15) is 26.3 Å². The second-order valence-electron chi connectivity index (χ2n) is 25.7. The van der Waals surface area contributed by atoms with E-state index < -0.39 is 0 Å². The van der Waals surface area contributed by atoms with Gasteiger partial charge in [0.15, 0.2) is 12.2 Å². The molecule has 0 aromatic carbocycles. The monoisotopic (exact) mass is 1180 g/mol. The Labute approximate surface area is 510 Å². The third-order valence-electron chi connectivity index (χ3n) is 14.9. The summed E-state index contributed by atoms with van der Waals surface area (Å²) in [4.78, 5) is 49.5. The Morgan fingerprint density at radius 1 is 0.263 bits per heavy atom. The summed E-state index contributed by atoms with van der Waals surface area (Å²) < 4.78 is 23.9. The Hall–Kier alpha value is -1.62. The molecular formula is C68H136Cl2N2O8. The minimum absolute atomic E-state index is 0. The summed E-state index contributed by atoms with van der Waals surface area (Å²) in [5.74, 6) is -0.658. The zero-order valence-electron chi connectivity index (χ0n) is 54.8. The van der Waals surface area contributed by atoms with Gasteiger partial charge in [0.05, 0.1) is 42.3 Å². The Morgan fingerprint density at radius 3 is 0.600 bits per heavy atom. The molecule has 0 bridgehead atoms. The lowest BCUT2D eigenvalue weighted by Crippen LogP contribution is -3.00. The molecule has 2 atom stereocenters. The fraction of sp³-hybridized carbons (Fsp3) is 0.941. The summed E-state index contributed by atoms with van der Waals surface area (Å²) in [6, 6.07) is 0. The average molecular weight is 1180 g/mol. The number of ether oxygens (including phenoxy) is 4. The number of esters is 4. The van der Waals surface area contributed by atoms with Gasteiger partial charge >= 0.3 is 23.9 Å². The standard InChI is InChI=1S/2C34H68NO4.2ClH/c2*1-6-8-10-12-14-16-18-20-22-24-26-28-33(36)38-31-32(30-35(3,4)5)39-34(37)29-27-25-23-21-19-17-15-13-11-9-7-2;;/h2*32H,6-31H2,1-5H3;2*1H/q2*+1;;/p-2. The molecule has 0 aliphatic carbocycles. The molecule has 0 saturated carbocycles. The second-order valence-corrected chi connectivity index (χ2v) is 25.7. The van der Waals surface area contributed by atoms with Crippen molar-refractivity contribution < 1.29 is 71.9 Å². The highest BCUT2D eigenvalue weighted by Gasteiger charge is 2.25. The number of likely N-dealkylation sites (N-methyl/N-ethyl adjacent to an activating group) is 2. The van der Waals surface area contributed by atoms with Gasteiger partial charge in [-0.05, 0) is 25.7 Å². The number of nitrogens with zero attached hydrogens (tertiary/aromatic N) is 2. The molecule has 480 valence electrons. The lowest BCUT2D eigenvalue weighted by atomic mass is 10.1. The molecule has 0 aromatic rings. The molecule has 0 rings (SSSR count). The van der Waals surface area contributed by atoms with E-state index in [0.717, 1.165) is 51.4 Å². The van der Waals surface area contributed by atoms with Gasteiger partial charge in [0.25, 0.3) is 0 Å². The predicted molar refractivity (Wildman–Crippen MR) is 332 cm³/mol. The van der Waals surface area contributed by atoms with Gasteiger partial charge in [0, 0.05) is 25.7 Å². The largest absolute Gasteiger partial charge is 1.00 e. The van der Waals surface area contributed by atoms with Crippen LogP contribution in [0.25, 0.3) is 0 Å². The molecule has 12 heteroatoms. The van der Waals surface area contributed by atoms with E-state index in [1.807, 2.05) is 0 Å². The Bertz CT molecular complexity index is 1230. The maximum Gasteiger partial charge on any atom is 0.306 e. The van der Waals surface area contributed by atoms with Crippen molar-refractivity contribution in [3.05, 3.63) is 0 Å². The highest BCUT2D eigenvalue weighted by atomic mass is 35.5. The van der Waals surface area contributed by atoms with Crippen LogP contribution in [0.5, 0.6) is 0 Å². The Balaban J connectivity index is -0.000000704. The number of unbranched alkanes of at least 4 members (excludes halogenated alkanes) is 40. The summed E-state index contributed by atoms with van der Waals surface area (Å²) in [7, 11) is 12.4. The Morgan fingerprint density at radius 2 is 0.425 bits per heavy atom. The fourth-order valence-corrected chi connectivity index (χ4v) is 10.2. The van der Waals surface area contributed by atoms with E-state index in [0.29, 0.717) is 47.7 Å². The first kappa shape index (κ1) is 84.8. The lowest BCUT2D eigenvalue weighted by molar-refractivity contribution is -0.873. The smallest absolute Gasteiger partial charge is 0.306 e. The molecule has 0 radical (unpaired) electrons. The quantitative estimate of drug-likeness (QED) is 0.0257. The van der Waals surface area contributed by atoms with Crippen molar-refractivity contribution in [3.63, 3.8) is 0 Å². The molecule has 0 N–H and O–H groups in total. The fourth-order valence-electron chi connectivity index (χ4n) is 10.2. The number of carbonyl (C=O) groups excluding carboxylic acids is 4. The van der Waals surface area contributed by atoms with Crippen molar-refractivity contribution >= 4 is 23.9 Å². The molecule has 2 unspecified atom stereocenters. The van der Waals surface area contributed by atoms with Crippen molar-refractivity contribution in [2.75, 3.05) is 68.6 Å².